The predicted molar refractivity (Wildman–Crippen MR) is 103 cm³/mol. The molecule has 0 aromatic heterocycles. The summed E-state index contributed by atoms with van der Waals surface area (Å²) in [5.74, 6) is 1.89. The maximum atomic E-state index is 13.8. The van der Waals surface area contributed by atoms with Crippen molar-refractivity contribution < 1.29 is 9.18 Å². The number of hydrogen-bond acceptors (Lipinski definition) is 2. The molecule has 0 bridgehead atoms. The van der Waals surface area contributed by atoms with Crippen molar-refractivity contribution in [2.24, 2.45) is 0 Å². The standard InChI is InChI=1S/C21H20ClFN2O/c1-2-12-25(20-10-7-15-5-3-4-6-17(15)20)13-11-21(26)24-19-9-8-16(22)14-18(19)23/h1,3-6,8-9,14,20H,7,10-13H2,(H,24,26). The van der Waals surface area contributed by atoms with Crippen LogP contribution < -0.4 is 5.32 Å². The molecular weight excluding hydrogens is 351 g/mol. The molecule has 3 nitrogen and oxygen atoms in total. The second kappa shape index (κ2) is 8.35. The molecule has 0 aliphatic heterocycles. The van der Waals surface area contributed by atoms with Crippen molar-refractivity contribution in [1.82, 2.24) is 4.90 Å². The number of benzene rings is 2. The molecule has 26 heavy (non-hydrogen) atoms. The molecule has 0 fully saturated rings. The number of carbonyl (C=O) groups excluding carboxylic acids is 1. The summed E-state index contributed by atoms with van der Waals surface area (Å²) >= 11 is 5.73. The molecule has 5 heteroatoms. The lowest BCUT2D eigenvalue weighted by molar-refractivity contribution is -0.116. The van der Waals surface area contributed by atoms with Gasteiger partial charge in [-0.05, 0) is 42.2 Å². The van der Waals surface area contributed by atoms with Gasteiger partial charge >= 0.3 is 0 Å². The Balaban J connectivity index is 1.62. The highest BCUT2D eigenvalue weighted by Gasteiger charge is 2.27. The molecule has 1 aliphatic carbocycles. The van der Waals surface area contributed by atoms with E-state index in [1.165, 1.54) is 23.3 Å². The van der Waals surface area contributed by atoms with Gasteiger partial charge in [0, 0.05) is 24.0 Å². The lowest BCUT2D eigenvalue weighted by atomic mass is 10.1. The fourth-order valence-electron chi connectivity index (χ4n) is 3.42. The molecule has 1 unspecified atom stereocenters. The van der Waals surface area contributed by atoms with Gasteiger partial charge in [-0.1, -0.05) is 41.8 Å². The van der Waals surface area contributed by atoms with Crippen LogP contribution in [0.1, 0.15) is 30.0 Å². The van der Waals surface area contributed by atoms with Gasteiger partial charge in [0.05, 0.1) is 12.2 Å². The van der Waals surface area contributed by atoms with Crippen LogP contribution in [-0.4, -0.2) is 23.9 Å². The zero-order valence-electron chi connectivity index (χ0n) is 14.3. The molecule has 3 rings (SSSR count). The van der Waals surface area contributed by atoms with Crippen molar-refractivity contribution in [2.45, 2.75) is 25.3 Å². The number of halogens is 2. The molecule has 0 spiro atoms. The van der Waals surface area contributed by atoms with Crippen LogP contribution in [0.4, 0.5) is 10.1 Å². The second-order valence-corrected chi connectivity index (χ2v) is 6.79. The summed E-state index contributed by atoms with van der Waals surface area (Å²) in [5.41, 5.74) is 2.76. The van der Waals surface area contributed by atoms with Crippen LogP contribution in [0.15, 0.2) is 42.5 Å². The Morgan fingerprint density at radius 2 is 2.15 bits per heavy atom. The molecule has 0 saturated heterocycles. The fourth-order valence-corrected chi connectivity index (χ4v) is 3.58. The molecule has 0 saturated carbocycles. The number of terminal acetylenes is 1. The first-order valence-corrected chi connectivity index (χ1v) is 8.96. The SMILES string of the molecule is C#CCN(CCC(=O)Nc1ccc(Cl)cc1F)C1CCc2ccccc21. The van der Waals surface area contributed by atoms with Crippen LogP contribution in [0.5, 0.6) is 0 Å². The predicted octanol–water partition coefficient (Wildman–Crippen LogP) is 4.43. The Morgan fingerprint density at radius 3 is 2.92 bits per heavy atom. The fraction of sp³-hybridized carbons (Fsp3) is 0.286. The van der Waals surface area contributed by atoms with Crippen LogP contribution in [0.3, 0.4) is 0 Å². The average molecular weight is 371 g/mol. The Bertz CT molecular complexity index is 846. The van der Waals surface area contributed by atoms with Gasteiger partial charge in [-0.25, -0.2) is 4.39 Å². The van der Waals surface area contributed by atoms with E-state index >= 15 is 0 Å². The third-order valence-electron chi connectivity index (χ3n) is 4.67. The van der Waals surface area contributed by atoms with E-state index in [4.69, 9.17) is 18.0 Å². The maximum Gasteiger partial charge on any atom is 0.225 e. The number of rotatable bonds is 6. The van der Waals surface area contributed by atoms with E-state index in [2.05, 4.69) is 28.3 Å². The molecule has 1 atom stereocenters. The largest absolute Gasteiger partial charge is 0.324 e. The van der Waals surface area contributed by atoms with Gasteiger partial charge < -0.3 is 5.32 Å². The molecule has 134 valence electrons. The van der Waals surface area contributed by atoms with Gasteiger partial charge in [-0.2, -0.15) is 0 Å². The number of nitrogens with zero attached hydrogens (tertiary/aromatic N) is 1. The Kier molecular flexibility index (Phi) is 5.92. The number of hydrogen-bond donors (Lipinski definition) is 1. The van der Waals surface area contributed by atoms with Gasteiger partial charge in [0.2, 0.25) is 5.91 Å². The lowest BCUT2D eigenvalue weighted by Crippen LogP contribution is -2.31. The molecule has 2 aromatic carbocycles. The molecule has 0 heterocycles. The molecule has 1 aliphatic rings. The third kappa shape index (κ3) is 4.24. The summed E-state index contributed by atoms with van der Waals surface area (Å²) in [5, 5.41) is 2.89. The minimum Gasteiger partial charge on any atom is -0.324 e. The highest BCUT2D eigenvalue weighted by molar-refractivity contribution is 6.30. The minimum absolute atomic E-state index is 0.133. The monoisotopic (exact) mass is 370 g/mol. The summed E-state index contributed by atoms with van der Waals surface area (Å²) in [6.45, 7) is 0.992. The van der Waals surface area contributed by atoms with E-state index in [-0.39, 0.29) is 24.1 Å². The van der Waals surface area contributed by atoms with Crippen LogP contribution in [0.25, 0.3) is 0 Å². The molecule has 1 N–H and O–H groups in total. The molecule has 2 aromatic rings. The Morgan fingerprint density at radius 1 is 1.35 bits per heavy atom. The second-order valence-electron chi connectivity index (χ2n) is 6.35. The van der Waals surface area contributed by atoms with Gasteiger partial charge in [0.25, 0.3) is 0 Å². The first-order chi connectivity index (χ1) is 12.6. The first kappa shape index (κ1) is 18.4. The normalized spacial score (nSPS) is 15.5. The van der Waals surface area contributed by atoms with Crippen LogP contribution in [0.2, 0.25) is 5.02 Å². The molecule has 0 radical (unpaired) electrons. The van der Waals surface area contributed by atoms with Crippen molar-refractivity contribution in [3.8, 4) is 12.3 Å². The number of amides is 1. The van der Waals surface area contributed by atoms with Crippen molar-refractivity contribution in [3.63, 3.8) is 0 Å². The van der Waals surface area contributed by atoms with Gasteiger partial charge in [-0.3, -0.25) is 9.69 Å². The topological polar surface area (TPSA) is 32.3 Å². The van der Waals surface area contributed by atoms with E-state index in [0.29, 0.717) is 18.1 Å². The van der Waals surface area contributed by atoms with Crippen molar-refractivity contribution in [2.75, 3.05) is 18.4 Å². The highest BCUT2D eigenvalue weighted by Crippen LogP contribution is 2.35. The Hall–Kier alpha value is -2.35. The van der Waals surface area contributed by atoms with E-state index in [9.17, 15) is 9.18 Å². The molecule has 1 amide bonds. The molecular formula is C21H20ClFN2O. The number of nitrogens with one attached hydrogen (secondary N) is 1. The summed E-state index contributed by atoms with van der Waals surface area (Å²) in [7, 11) is 0. The van der Waals surface area contributed by atoms with E-state index in [1.54, 1.807) is 6.07 Å². The van der Waals surface area contributed by atoms with E-state index < -0.39 is 5.82 Å². The van der Waals surface area contributed by atoms with Crippen molar-refractivity contribution >= 4 is 23.2 Å². The van der Waals surface area contributed by atoms with Crippen LogP contribution in [-0.2, 0) is 11.2 Å². The average Bonchev–Trinajstić information content (AvgIpc) is 3.05. The summed E-state index contributed by atoms with van der Waals surface area (Å²) in [6.07, 6.45) is 7.78. The number of fused-ring (bicyclic) bond motifs is 1. The third-order valence-corrected chi connectivity index (χ3v) is 4.90. The quantitative estimate of drug-likeness (QED) is 0.763. The highest BCUT2D eigenvalue weighted by atomic mass is 35.5. The summed E-state index contributed by atoms with van der Waals surface area (Å²) in [4.78, 5) is 14.4. The maximum absolute atomic E-state index is 13.8. The van der Waals surface area contributed by atoms with Crippen molar-refractivity contribution in [3.05, 3.63) is 64.4 Å². The van der Waals surface area contributed by atoms with Crippen LogP contribution in [0, 0.1) is 18.2 Å². The zero-order valence-corrected chi connectivity index (χ0v) is 15.1. The Labute approximate surface area is 158 Å². The van der Waals surface area contributed by atoms with Gasteiger partial charge in [0.15, 0.2) is 0 Å². The number of carbonyl (C=O) groups is 1. The van der Waals surface area contributed by atoms with E-state index in [1.807, 2.05) is 12.1 Å². The number of anilines is 1. The van der Waals surface area contributed by atoms with Crippen molar-refractivity contribution in [1.29, 1.82) is 0 Å². The van der Waals surface area contributed by atoms with Gasteiger partial charge in [-0.15, -0.1) is 6.42 Å². The smallest absolute Gasteiger partial charge is 0.225 e. The summed E-state index contributed by atoms with van der Waals surface area (Å²) in [6, 6.07) is 12.7. The van der Waals surface area contributed by atoms with Gasteiger partial charge in [0.1, 0.15) is 5.82 Å². The zero-order chi connectivity index (χ0) is 18.5. The van der Waals surface area contributed by atoms with Crippen LogP contribution >= 0.6 is 11.6 Å². The van der Waals surface area contributed by atoms with E-state index in [0.717, 1.165) is 12.8 Å². The summed E-state index contributed by atoms with van der Waals surface area (Å²) < 4.78 is 13.8. The lowest BCUT2D eigenvalue weighted by Gasteiger charge is -2.27. The number of aryl methyl sites for hydroxylation is 1. The minimum atomic E-state index is -0.545. The first-order valence-electron chi connectivity index (χ1n) is 8.58.